The lowest BCUT2D eigenvalue weighted by Crippen LogP contribution is -2.34. The van der Waals surface area contributed by atoms with E-state index in [1.807, 2.05) is 0 Å². The normalized spacial score (nSPS) is 28.2. The highest BCUT2D eigenvalue weighted by Gasteiger charge is 2.46. The first-order valence-corrected chi connectivity index (χ1v) is 6.54. The van der Waals surface area contributed by atoms with Crippen molar-refractivity contribution in [2.24, 2.45) is 0 Å². The maximum atomic E-state index is 11.7. The number of methoxy groups -OCH3 is 1. The number of aryl methyl sites for hydroxylation is 1. The van der Waals surface area contributed by atoms with Gasteiger partial charge in [-0.15, -0.1) is 0 Å². The van der Waals surface area contributed by atoms with Crippen molar-refractivity contribution in [1.29, 1.82) is 0 Å². The molecule has 2 heterocycles. The third-order valence-electron chi connectivity index (χ3n) is 3.42. The van der Waals surface area contributed by atoms with Crippen LogP contribution in [0.3, 0.4) is 0 Å². The van der Waals surface area contributed by atoms with Crippen LogP contribution in [0.25, 0.3) is 0 Å². The van der Waals surface area contributed by atoms with E-state index in [0.717, 1.165) is 0 Å². The number of aromatic nitrogens is 2. The number of aliphatic hydroxyl groups is 2. The average molecular weight is 294 g/mol. The molecule has 0 saturated carbocycles. The zero-order chi connectivity index (χ0) is 15.6. The summed E-state index contributed by atoms with van der Waals surface area (Å²) in [5, 5.41) is 19.3. The molecule has 0 bridgehead atoms. The number of H-pyrrole nitrogens is 1. The number of hydrogen-bond acceptors (Lipinski definition) is 6. The summed E-state index contributed by atoms with van der Waals surface area (Å²) in [7, 11) is 1.44. The zero-order valence-corrected chi connectivity index (χ0v) is 12.1. The Hall–Kier alpha value is -1.72. The van der Waals surface area contributed by atoms with E-state index in [0.29, 0.717) is 11.4 Å². The van der Waals surface area contributed by atoms with Crippen LogP contribution in [-0.4, -0.2) is 52.2 Å². The van der Waals surface area contributed by atoms with Gasteiger partial charge in [-0.2, -0.15) is 0 Å². The lowest BCUT2D eigenvalue weighted by atomic mass is 10.0. The SMILES string of the molecule is CC#Cc1[nH]c(=O)c(C)nc1[C@@H]1O[C@H](CO)C(O)[C@@H]1OC. The molecule has 0 spiro atoms. The standard InChI is InChI=1S/C14H18N2O5/c1-4-5-8-10(15-7(2)14(19)16-8)12-13(20-3)11(18)9(6-17)21-12/h9,11-13,17-18H,6H2,1-3H3,(H,16,19)/t9-,11?,12+,13+/m1/s1. The van der Waals surface area contributed by atoms with E-state index in [4.69, 9.17) is 9.47 Å². The second kappa shape index (κ2) is 6.37. The number of hydrogen-bond donors (Lipinski definition) is 3. The highest BCUT2D eigenvalue weighted by Crippen LogP contribution is 2.35. The lowest BCUT2D eigenvalue weighted by molar-refractivity contribution is -0.0252. The van der Waals surface area contributed by atoms with Crippen molar-refractivity contribution < 1.29 is 19.7 Å². The van der Waals surface area contributed by atoms with Crippen LogP contribution in [0.2, 0.25) is 0 Å². The Kier molecular flexibility index (Phi) is 4.75. The molecule has 0 aliphatic carbocycles. The highest BCUT2D eigenvalue weighted by atomic mass is 16.6. The molecule has 0 amide bonds. The molecule has 1 saturated heterocycles. The molecule has 7 nitrogen and oxygen atoms in total. The van der Waals surface area contributed by atoms with E-state index >= 15 is 0 Å². The van der Waals surface area contributed by atoms with Crippen molar-refractivity contribution in [3.05, 3.63) is 27.4 Å². The van der Waals surface area contributed by atoms with E-state index < -0.39 is 24.4 Å². The summed E-state index contributed by atoms with van der Waals surface area (Å²) >= 11 is 0. The summed E-state index contributed by atoms with van der Waals surface area (Å²) in [4.78, 5) is 18.5. The van der Waals surface area contributed by atoms with Crippen LogP contribution in [-0.2, 0) is 9.47 Å². The number of rotatable bonds is 3. The Balaban J connectivity index is 2.51. The second-order valence-electron chi connectivity index (χ2n) is 4.76. The molecular formula is C14H18N2O5. The number of aliphatic hydroxyl groups excluding tert-OH is 2. The third kappa shape index (κ3) is 2.84. The van der Waals surface area contributed by atoms with E-state index in [1.165, 1.54) is 7.11 Å². The van der Waals surface area contributed by atoms with Crippen LogP contribution < -0.4 is 5.56 Å². The summed E-state index contributed by atoms with van der Waals surface area (Å²) in [5.41, 5.74) is 0.656. The molecule has 1 unspecified atom stereocenters. The molecule has 7 heteroatoms. The number of nitrogens with one attached hydrogen (secondary N) is 1. The van der Waals surface area contributed by atoms with Crippen LogP contribution in [0, 0.1) is 18.8 Å². The largest absolute Gasteiger partial charge is 0.394 e. The molecule has 114 valence electrons. The first-order chi connectivity index (χ1) is 10.0. The van der Waals surface area contributed by atoms with Gasteiger partial charge in [0.15, 0.2) is 0 Å². The fraction of sp³-hybridized carbons (Fsp3) is 0.571. The van der Waals surface area contributed by atoms with E-state index in [2.05, 4.69) is 21.8 Å². The summed E-state index contributed by atoms with van der Waals surface area (Å²) < 4.78 is 10.9. The minimum absolute atomic E-state index is 0.270. The predicted molar refractivity (Wildman–Crippen MR) is 73.7 cm³/mol. The van der Waals surface area contributed by atoms with Gasteiger partial charge in [0.1, 0.15) is 41.5 Å². The molecule has 1 aliphatic heterocycles. The summed E-state index contributed by atoms with van der Waals surface area (Å²) in [6.07, 6.45) is -3.16. The molecular weight excluding hydrogens is 276 g/mol. The molecule has 1 aliphatic rings. The van der Waals surface area contributed by atoms with E-state index in [1.54, 1.807) is 13.8 Å². The van der Waals surface area contributed by atoms with Gasteiger partial charge in [0.05, 0.1) is 6.61 Å². The van der Waals surface area contributed by atoms with Gasteiger partial charge in [0, 0.05) is 7.11 Å². The third-order valence-corrected chi connectivity index (χ3v) is 3.42. The van der Waals surface area contributed by atoms with Crippen molar-refractivity contribution in [3.8, 4) is 11.8 Å². The Morgan fingerprint density at radius 1 is 1.52 bits per heavy atom. The van der Waals surface area contributed by atoms with E-state index in [-0.39, 0.29) is 17.9 Å². The highest BCUT2D eigenvalue weighted by molar-refractivity contribution is 5.34. The van der Waals surface area contributed by atoms with Crippen LogP contribution in [0.1, 0.15) is 30.1 Å². The fourth-order valence-corrected chi connectivity index (χ4v) is 2.35. The predicted octanol–water partition coefficient (Wildman–Crippen LogP) is -0.742. The van der Waals surface area contributed by atoms with Gasteiger partial charge in [-0.05, 0) is 19.8 Å². The molecule has 4 atom stereocenters. The fourth-order valence-electron chi connectivity index (χ4n) is 2.35. The minimum Gasteiger partial charge on any atom is -0.394 e. The van der Waals surface area contributed by atoms with E-state index in [9.17, 15) is 15.0 Å². The molecule has 2 rings (SSSR count). The molecule has 21 heavy (non-hydrogen) atoms. The van der Waals surface area contributed by atoms with Crippen molar-refractivity contribution in [2.45, 2.75) is 38.3 Å². The molecule has 0 aromatic carbocycles. The zero-order valence-electron chi connectivity index (χ0n) is 12.1. The Labute approximate surface area is 121 Å². The molecule has 1 aromatic heterocycles. The van der Waals surface area contributed by atoms with Gasteiger partial charge in [-0.1, -0.05) is 5.92 Å². The smallest absolute Gasteiger partial charge is 0.270 e. The monoisotopic (exact) mass is 294 g/mol. The number of nitrogens with zero attached hydrogens (tertiary/aromatic N) is 1. The maximum absolute atomic E-state index is 11.7. The maximum Gasteiger partial charge on any atom is 0.270 e. The Morgan fingerprint density at radius 2 is 2.24 bits per heavy atom. The topological polar surface area (TPSA) is 105 Å². The summed E-state index contributed by atoms with van der Waals surface area (Å²) in [6.45, 7) is 2.87. The Bertz CT molecular complexity index is 630. The van der Waals surface area contributed by atoms with Crippen molar-refractivity contribution >= 4 is 0 Å². The Morgan fingerprint density at radius 3 is 2.81 bits per heavy atom. The quantitative estimate of drug-likeness (QED) is 0.634. The number of ether oxygens (including phenoxy) is 2. The van der Waals surface area contributed by atoms with Crippen molar-refractivity contribution in [1.82, 2.24) is 9.97 Å². The second-order valence-corrected chi connectivity index (χ2v) is 4.76. The molecule has 1 fully saturated rings. The first-order valence-electron chi connectivity index (χ1n) is 6.54. The van der Waals surface area contributed by atoms with Crippen molar-refractivity contribution in [3.63, 3.8) is 0 Å². The van der Waals surface area contributed by atoms with Crippen LogP contribution in [0.4, 0.5) is 0 Å². The van der Waals surface area contributed by atoms with Crippen LogP contribution >= 0.6 is 0 Å². The van der Waals surface area contributed by atoms with Gasteiger partial charge in [0.25, 0.3) is 5.56 Å². The van der Waals surface area contributed by atoms with Crippen LogP contribution in [0.5, 0.6) is 0 Å². The first kappa shape index (κ1) is 15.7. The van der Waals surface area contributed by atoms with Crippen LogP contribution in [0.15, 0.2) is 4.79 Å². The average Bonchev–Trinajstić information content (AvgIpc) is 2.78. The minimum atomic E-state index is -0.985. The molecule has 1 aromatic rings. The lowest BCUT2D eigenvalue weighted by Gasteiger charge is -2.19. The molecule has 0 radical (unpaired) electrons. The van der Waals surface area contributed by atoms with Gasteiger partial charge >= 0.3 is 0 Å². The molecule has 3 N–H and O–H groups in total. The summed E-state index contributed by atoms with van der Waals surface area (Å²) in [5.74, 6) is 5.46. The van der Waals surface area contributed by atoms with Crippen molar-refractivity contribution in [2.75, 3.05) is 13.7 Å². The van der Waals surface area contributed by atoms with Gasteiger partial charge in [0.2, 0.25) is 0 Å². The number of aromatic amines is 1. The van der Waals surface area contributed by atoms with Gasteiger partial charge in [-0.25, -0.2) is 4.98 Å². The van der Waals surface area contributed by atoms with Gasteiger partial charge < -0.3 is 24.7 Å². The summed E-state index contributed by atoms with van der Waals surface area (Å²) in [6, 6.07) is 0. The van der Waals surface area contributed by atoms with Gasteiger partial charge in [-0.3, -0.25) is 4.79 Å².